The molecule has 0 aliphatic carbocycles. The number of carbonyl (C=O) groups excluding carboxylic acids is 2. The van der Waals surface area contributed by atoms with Crippen LogP contribution in [0.15, 0.2) is 41.2 Å². The van der Waals surface area contributed by atoms with E-state index in [1.54, 1.807) is 31.3 Å². The van der Waals surface area contributed by atoms with Gasteiger partial charge in [-0.05, 0) is 48.4 Å². The van der Waals surface area contributed by atoms with Crippen LogP contribution in [0.2, 0.25) is 0 Å². The zero-order valence-corrected chi connectivity index (χ0v) is 21.5. The number of nitrogens with zero attached hydrogens (tertiary/aromatic N) is 2. The highest BCUT2D eigenvalue weighted by Crippen LogP contribution is 2.35. The van der Waals surface area contributed by atoms with E-state index in [9.17, 15) is 14.4 Å². The molecule has 3 atom stereocenters. The topological polar surface area (TPSA) is 102 Å². The second kappa shape index (κ2) is 11.1. The average molecular weight is 497 g/mol. The Hall–Kier alpha value is -3.49. The predicted octanol–water partition coefficient (Wildman–Crippen LogP) is 2.38. The van der Waals surface area contributed by atoms with Crippen molar-refractivity contribution in [3.8, 4) is 11.5 Å². The number of benzene rings is 1. The summed E-state index contributed by atoms with van der Waals surface area (Å²) in [6.45, 7) is 6.03. The van der Waals surface area contributed by atoms with Gasteiger partial charge in [0, 0.05) is 43.9 Å². The number of amides is 3. The van der Waals surface area contributed by atoms with E-state index >= 15 is 0 Å². The number of likely N-dealkylation sites (tertiary alicyclic amines) is 1. The third-order valence-corrected chi connectivity index (χ3v) is 7.16. The number of ether oxygens (including phenoxy) is 2. The Labute approximate surface area is 211 Å². The normalized spacial score (nSPS) is 19.3. The summed E-state index contributed by atoms with van der Waals surface area (Å²) < 4.78 is 12.5. The summed E-state index contributed by atoms with van der Waals surface area (Å²) in [5, 5.41) is 5.93. The van der Waals surface area contributed by atoms with Crippen molar-refractivity contribution in [1.29, 1.82) is 0 Å². The maximum atomic E-state index is 13.2. The number of rotatable bonds is 8. The molecule has 2 N–H and O–H groups in total. The SMILES string of the molecule is COc1ccc(CCNC(=O)C(NC(=O)N2CC3CC(C2)c2cccc(=O)n2C3)C(C)C)cc1OC. The van der Waals surface area contributed by atoms with Gasteiger partial charge in [-0.1, -0.05) is 26.0 Å². The third-order valence-electron chi connectivity index (χ3n) is 7.16. The fraction of sp³-hybridized carbons (Fsp3) is 0.519. The third kappa shape index (κ3) is 5.50. The molecule has 4 rings (SSSR count). The molecule has 36 heavy (non-hydrogen) atoms. The summed E-state index contributed by atoms with van der Waals surface area (Å²) in [6, 6.07) is 10.2. The lowest BCUT2D eigenvalue weighted by molar-refractivity contribution is -0.123. The minimum Gasteiger partial charge on any atom is -0.493 e. The van der Waals surface area contributed by atoms with Crippen LogP contribution in [0.1, 0.15) is 37.4 Å². The van der Waals surface area contributed by atoms with Gasteiger partial charge in [-0.3, -0.25) is 9.59 Å². The molecule has 2 aliphatic heterocycles. The molecule has 3 heterocycles. The van der Waals surface area contributed by atoms with Crippen LogP contribution in [0.4, 0.5) is 4.79 Å². The Kier molecular flexibility index (Phi) is 7.86. The summed E-state index contributed by atoms with van der Waals surface area (Å²) in [4.78, 5) is 40.2. The zero-order chi connectivity index (χ0) is 25.8. The molecule has 0 spiro atoms. The lowest BCUT2D eigenvalue weighted by Crippen LogP contribution is -2.57. The molecule has 1 aromatic carbocycles. The monoisotopic (exact) mass is 496 g/mol. The molecule has 0 saturated carbocycles. The predicted molar refractivity (Wildman–Crippen MR) is 137 cm³/mol. The molecular formula is C27H36N4O5. The molecular weight excluding hydrogens is 460 g/mol. The van der Waals surface area contributed by atoms with Gasteiger partial charge in [0.05, 0.1) is 14.2 Å². The summed E-state index contributed by atoms with van der Waals surface area (Å²) >= 11 is 0. The van der Waals surface area contributed by atoms with Crippen molar-refractivity contribution in [3.63, 3.8) is 0 Å². The van der Waals surface area contributed by atoms with Crippen LogP contribution < -0.4 is 25.7 Å². The molecule has 2 aromatic rings. The highest BCUT2D eigenvalue weighted by Gasteiger charge is 2.37. The maximum Gasteiger partial charge on any atom is 0.318 e. The molecule has 3 amide bonds. The van der Waals surface area contributed by atoms with Crippen LogP contribution in [-0.4, -0.2) is 61.3 Å². The first-order valence-corrected chi connectivity index (χ1v) is 12.5. The highest BCUT2D eigenvalue weighted by atomic mass is 16.5. The summed E-state index contributed by atoms with van der Waals surface area (Å²) in [5.74, 6) is 1.39. The lowest BCUT2D eigenvalue weighted by atomic mass is 9.83. The Morgan fingerprint density at radius 3 is 2.56 bits per heavy atom. The van der Waals surface area contributed by atoms with Gasteiger partial charge < -0.3 is 29.6 Å². The van der Waals surface area contributed by atoms with Crippen LogP contribution in [0.3, 0.4) is 0 Å². The van der Waals surface area contributed by atoms with Gasteiger partial charge in [-0.25, -0.2) is 4.79 Å². The molecule has 1 saturated heterocycles. The molecule has 194 valence electrons. The van der Waals surface area contributed by atoms with Crippen LogP contribution >= 0.6 is 0 Å². The van der Waals surface area contributed by atoms with E-state index in [2.05, 4.69) is 10.6 Å². The number of nitrogens with one attached hydrogen (secondary N) is 2. The first kappa shape index (κ1) is 25.6. The number of fused-ring (bicyclic) bond motifs is 4. The molecule has 9 nitrogen and oxygen atoms in total. The molecule has 9 heteroatoms. The van der Waals surface area contributed by atoms with Crippen molar-refractivity contribution >= 4 is 11.9 Å². The number of carbonyl (C=O) groups is 2. The van der Waals surface area contributed by atoms with Crippen LogP contribution in [0.25, 0.3) is 0 Å². The number of hydrogen-bond donors (Lipinski definition) is 2. The summed E-state index contributed by atoms with van der Waals surface area (Å²) in [6.07, 6.45) is 1.59. The lowest BCUT2D eigenvalue weighted by Gasteiger charge is -2.43. The fourth-order valence-electron chi connectivity index (χ4n) is 5.30. The highest BCUT2D eigenvalue weighted by molar-refractivity contribution is 5.87. The van der Waals surface area contributed by atoms with Gasteiger partial charge >= 0.3 is 6.03 Å². The number of pyridine rings is 1. The molecule has 2 aliphatic rings. The van der Waals surface area contributed by atoms with Gasteiger partial charge in [0.25, 0.3) is 5.56 Å². The number of urea groups is 1. The van der Waals surface area contributed by atoms with Crippen molar-refractivity contribution in [2.45, 2.75) is 45.2 Å². The average Bonchev–Trinajstić information content (AvgIpc) is 2.87. The molecule has 2 bridgehead atoms. The molecule has 1 aromatic heterocycles. The first-order chi connectivity index (χ1) is 17.3. The van der Waals surface area contributed by atoms with E-state index in [0.717, 1.165) is 17.7 Å². The van der Waals surface area contributed by atoms with Crippen molar-refractivity contribution in [1.82, 2.24) is 20.1 Å². The Bertz CT molecular complexity index is 1160. The van der Waals surface area contributed by atoms with Gasteiger partial charge in [0.2, 0.25) is 5.91 Å². The number of aromatic nitrogens is 1. The Morgan fingerprint density at radius 2 is 1.83 bits per heavy atom. The minimum atomic E-state index is -0.639. The standard InChI is InChI=1S/C27H36N4O5/c1-17(2)25(26(33)28-11-10-18-8-9-22(35-3)23(13-18)36-4)29-27(34)30-14-19-12-20(16-30)21-6-5-7-24(32)31(21)15-19/h5-9,13,17,19-20,25H,10-12,14-16H2,1-4H3,(H,28,33)(H,29,34). The Morgan fingerprint density at radius 1 is 1.06 bits per heavy atom. The van der Waals surface area contributed by atoms with Crippen molar-refractivity contribution in [2.75, 3.05) is 33.9 Å². The first-order valence-electron chi connectivity index (χ1n) is 12.5. The zero-order valence-electron chi connectivity index (χ0n) is 21.5. The largest absolute Gasteiger partial charge is 0.493 e. The number of hydrogen-bond acceptors (Lipinski definition) is 5. The van der Waals surface area contributed by atoms with E-state index in [0.29, 0.717) is 44.1 Å². The molecule has 3 unspecified atom stereocenters. The van der Waals surface area contributed by atoms with Crippen LogP contribution in [-0.2, 0) is 17.8 Å². The van der Waals surface area contributed by atoms with E-state index in [-0.39, 0.29) is 35.3 Å². The van der Waals surface area contributed by atoms with Crippen molar-refractivity contribution in [3.05, 3.63) is 58.0 Å². The minimum absolute atomic E-state index is 0.0183. The fourth-order valence-corrected chi connectivity index (χ4v) is 5.30. The smallest absolute Gasteiger partial charge is 0.318 e. The van der Waals surface area contributed by atoms with Crippen LogP contribution in [0, 0.1) is 11.8 Å². The van der Waals surface area contributed by atoms with E-state index in [1.165, 1.54) is 0 Å². The van der Waals surface area contributed by atoms with Crippen molar-refractivity contribution in [2.24, 2.45) is 11.8 Å². The quantitative estimate of drug-likeness (QED) is 0.584. The van der Waals surface area contributed by atoms with E-state index < -0.39 is 6.04 Å². The van der Waals surface area contributed by atoms with E-state index in [1.807, 2.05) is 42.7 Å². The van der Waals surface area contributed by atoms with E-state index in [4.69, 9.17) is 9.47 Å². The maximum absolute atomic E-state index is 13.2. The number of methoxy groups -OCH3 is 2. The molecule has 1 fully saturated rings. The van der Waals surface area contributed by atoms with Gasteiger partial charge in [0.1, 0.15) is 6.04 Å². The number of piperidine rings is 1. The second-order valence-electron chi connectivity index (χ2n) is 10.0. The summed E-state index contributed by atoms with van der Waals surface area (Å²) in [5.41, 5.74) is 2.02. The van der Waals surface area contributed by atoms with Crippen molar-refractivity contribution < 1.29 is 19.1 Å². The Balaban J connectivity index is 1.34. The van der Waals surface area contributed by atoms with Gasteiger partial charge in [-0.15, -0.1) is 0 Å². The van der Waals surface area contributed by atoms with Gasteiger partial charge in [0.15, 0.2) is 11.5 Å². The summed E-state index contributed by atoms with van der Waals surface area (Å²) in [7, 11) is 3.18. The van der Waals surface area contributed by atoms with Crippen LogP contribution in [0.5, 0.6) is 11.5 Å². The van der Waals surface area contributed by atoms with Gasteiger partial charge in [-0.2, -0.15) is 0 Å². The molecule has 0 radical (unpaired) electrons. The second-order valence-corrected chi connectivity index (χ2v) is 10.0.